The molecule has 0 spiro atoms. The van der Waals surface area contributed by atoms with Gasteiger partial charge < -0.3 is 4.74 Å². The van der Waals surface area contributed by atoms with Gasteiger partial charge in [-0.25, -0.2) is 4.79 Å². The van der Waals surface area contributed by atoms with Crippen molar-refractivity contribution in [2.75, 3.05) is 6.61 Å². The molecular formula is C4H6N2O6. The first-order valence-corrected chi connectivity index (χ1v) is 2.94. The molecule has 0 aliphatic rings. The Labute approximate surface area is 66.4 Å². The number of ether oxygens (including phenoxy) is 1. The Balaban J connectivity index is 4.41. The molecule has 0 N–H and O–H groups in total. The summed E-state index contributed by atoms with van der Waals surface area (Å²) >= 11 is 0. The molecule has 0 heterocycles. The van der Waals surface area contributed by atoms with Gasteiger partial charge >= 0.3 is 12.1 Å². The van der Waals surface area contributed by atoms with Crippen molar-refractivity contribution in [2.45, 2.75) is 13.1 Å². The summed E-state index contributed by atoms with van der Waals surface area (Å²) in [6.07, 6.45) is -2.51. The zero-order valence-electron chi connectivity index (χ0n) is 6.13. The Bertz CT molecular complexity index is 200. The van der Waals surface area contributed by atoms with Crippen LogP contribution in [-0.4, -0.2) is 28.6 Å². The molecule has 0 saturated heterocycles. The lowest BCUT2D eigenvalue weighted by molar-refractivity contribution is -0.725. The molecule has 0 aliphatic heterocycles. The lowest BCUT2D eigenvalue weighted by atomic mass is 10.5. The highest BCUT2D eigenvalue weighted by molar-refractivity contribution is 5.72. The van der Waals surface area contributed by atoms with Crippen molar-refractivity contribution in [3.05, 3.63) is 20.2 Å². The fourth-order valence-electron chi connectivity index (χ4n) is 0.466. The number of esters is 1. The van der Waals surface area contributed by atoms with E-state index in [9.17, 15) is 25.0 Å². The topological polar surface area (TPSA) is 113 Å². The van der Waals surface area contributed by atoms with Gasteiger partial charge in [0.2, 0.25) is 0 Å². The van der Waals surface area contributed by atoms with Gasteiger partial charge in [0.1, 0.15) is 9.85 Å². The van der Waals surface area contributed by atoms with Crippen molar-refractivity contribution >= 4 is 5.97 Å². The van der Waals surface area contributed by atoms with Crippen molar-refractivity contribution in [2.24, 2.45) is 0 Å². The van der Waals surface area contributed by atoms with Gasteiger partial charge in [-0.15, -0.1) is 0 Å². The van der Waals surface area contributed by atoms with Crippen LogP contribution in [0.3, 0.4) is 0 Å². The van der Waals surface area contributed by atoms with Gasteiger partial charge in [0.05, 0.1) is 6.61 Å². The van der Waals surface area contributed by atoms with Crippen LogP contribution >= 0.6 is 0 Å². The van der Waals surface area contributed by atoms with E-state index in [4.69, 9.17) is 0 Å². The van der Waals surface area contributed by atoms with Gasteiger partial charge in [-0.05, 0) is 6.92 Å². The summed E-state index contributed by atoms with van der Waals surface area (Å²) in [5.74, 6) is -1.45. The smallest absolute Gasteiger partial charge is 0.455 e. The Morgan fingerprint density at radius 2 is 1.83 bits per heavy atom. The SMILES string of the molecule is CCOC(=O)C([N+](=O)[O-])[N+](=O)[O-]. The molecule has 0 bridgehead atoms. The van der Waals surface area contributed by atoms with Gasteiger partial charge in [-0.1, -0.05) is 0 Å². The summed E-state index contributed by atoms with van der Waals surface area (Å²) in [4.78, 5) is 27.7. The summed E-state index contributed by atoms with van der Waals surface area (Å²) in [5, 5.41) is 19.8. The number of nitro groups is 2. The first-order valence-electron chi connectivity index (χ1n) is 2.94. The second kappa shape index (κ2) is 4.21. The van der Waals surface area contributed by atoms with Crippen LogP contribution in [0.5, 0.6) is 0 Å². The van der Waals surface area contributed by atoms with Crippen LogP contribution in [0.2, 0.25) is 0 Å². The molecule has 0 aromatic carbocycles. The lowest BCUT2D eigenvalue weighted by Gasteiger charge is -2.00. The number of carbonyl (C=O) groups is 1. The Hall–Kier alpha value is -1.73. The number of hydrogen-bond donors (Lipinski definition) is 0. The van der Waals surface area contributed by atoms with Crippen LogP contribution in [0.4, 0.5) is 0 Å². The highest BCUT2D eigenvalue weighted by Crippen LogP contribution is 1.94. The molecule has 0 saturated carbocycles. The number of carbonyl (C=O) groups excluding carboxylic acids is 1. The molecular weight excluding hydrogens is 172 g/mol. The summed E-state index contributed by atoms with van der Waals surface area (Å²) in [5.41, 5.74) is 0. The van der Waals surface area contributed by atoms with E-state index in [1.807, 2.05) is 0 Å². The van der Waals surface area contributed by atoms with Crippen molar-refractivity contribution in [1.82, 2.24) is 0 Å². The van der Waals surface area contributed by atoms with Crippen molar-refractivity contribution in [1.29, 1.82) is 0 Å². The van der Waals surface area contributed by atoms with Crippen molar-refractivity contribution < 1.29 is 19.4 Å². The van der Waals surface area contributed by atoms with E-state index in [-0.39, 0.29) is 6.61 Å². The lowest BCUT2D eigenvalue weighted by Crippen LogP contribution is -2.38. The second-order valence-electron chi connectivity index (χ2n) is 1.70. The van der Waals surface area contributed by atoms with Crippen LogP contribution in [0.25, 0.3) is 0 Å². The first-order chi connectivity index (χ1) is 5.50. The molecule has 0 atom stereocenters. The maximum atomic E-state index is 10.5. The number of hydrogen-bond acceptors (Lipinski definition) is 6. The molecule has 8 heteroatoms. The second-order valence-corrected chi connectivity index (χ2v) is 1.70. The van der Waals surface area contributed by atoms with E-state index in [2.05, 4.69) is 4.74 Å². The quantitative estimate of drug-likeness (QED) is 0.246. The molecule has 0 radical (unpaired) electrons. The molecule has 8 nitrogen and oxygen atoms in total. The number of nitrogens with zero attached hydrogens (tertiary/aromatic N) is 2. The van der Waals surface area contributed by atoms with Crippen molar-refractivity contribution in [3.63, 3.8) is 0 Å². The van der Waals surface area contributed by atoms with E-state index < -0.39 is 22.0 Å². The van der Waals surface area contributed by atoms with E-state index >= 15 is 0 Å². The van der Waals surface area contributed by atoms with Crippen molar-refractivity contribution in [3.8, 4) is 0 Å². The zero-order valence-corrected chi connectivity index (χ0v) is 6.13. The predicted molar refractivity (Wildman–Crippen MR) is 34.4 cm³/mol. The minimum Gasteiger partial charge on any atom is -0.455 e. The van der Waals surface area contributed by atoms with Crippen LogP contribution < -0.4 is 0 Å². The first kappa shape index (κ1) is 10.3. The van der Waals surface area contributed by atoms with Gasteiger partial charge in [0.15, 0.2) is 0 Å². The molecule has 0 unspecified atom stereocenters. The molecule has 0 aliphatic carbocycles. The zero-order chi connectivity index (χ0) is 9.72. The predicted octanol–water partition coefficient (Wildman–Crippen LogP) is -0.571. The minimum atomic E-state index is -2.51. The Kier molecular flexibility index (Phi) is 3.60. The van der Waals surface area contributed by atoms with Gasteiger partial charge in [-0.2, -0.15) is 0 Å². The minimum absolute atomic E-state index is 0.128. The fraction of sp³-hybridized carbons (Fsp3) is 0.750. The van der Waals surface area contributed by atoms with Crippen LogP contribution in [-0.2, 0) is 9.53 Å². The van der Waals surface area contributed by atoms with Gasteiger partial charge in [0.25, 0.3) is 0 Å². The third kappa shape index (κ3) is 2.48. The fourth-order valence-corrected chi connectivity index (χ4v) is 0.466. The Morgan fingerprint density at radius 3 is 2.08 bits per heavy atom. The highest BCUT2D eigenvalue weighted by Gasteiger charge is 2.43. The average molecular weight is 178 g/mol. The molecule has 0 rings (SSSR count). The van der Waals surface area contributed by atoms with Gasteiger partial charge in [0, 0.05) is 0 Å². The van der Waals surface area contributed by atoms with E-state index in [1.54, 1.807) is 0 Å². The number of rotatable bonds is 4. The normalized spacial score (nSPS) is 9.50. The molecule has 0 amide bonds. The molecule has 0 aromatic rings. The maximum Gasteiger partial charge on any atom is 0.545 e. The molecule has 0 fully saturated rings. The standard InChI is InChI=1S/C4H6N2O6/c1-2-12-4(7)3(5(8)9)6(10)11/h3H,2H2,1H3. The molecule has 0 aromatic heterocycles. The van der Waals surface area contributed by atoms with Crippen LogP contribution in [0, 0.1) is 20.2 Å². The van der Waals surface area contributed by atoms with Crippen LogP contribution in [0.15, 0.2) is 0 Å². The molecule has 68 valence electrons. The summed E-state index contributed by atoms with van der Waals surface area (Å²) < 4.78 is 4.10. The largest absolute Gasteiger partial charge is 0.545 e. The third-order valence-corrected chi connectivity index (χ3v) is 0.897. The van der Waals surface area contributed by atoms with E-state index in [0.717, 1.165) is 0 Å². The van der Waals surface area contributed by atoms with Gasteiger partial charge in [-0.3, -0.25) is 20.2 Å². The monoisotopic (exact) mass is 178 g/mol. The van der Waals surface area contributed by atoms with Crippen LogP contribution in [0.1, 0.15) is 6.92 Å². The summed E-state index contributed by atoms with van der Waals surface area (Å²) in [6.45, 7) is 1.27. The third-order valence-electron chi connectivity index (χ3n) is 0.897. The molecule has 12 heavy (non-hydrogen) atoms. The highest BCUT2D eigenvalue weighted by atomic mass is 16.7. The maximum absolute atomic E-state index is 10.5. The van der Waals surface area contributed by atoms with E-state index in [0.29, 0.717) is 0 Å². The average Bonchev–Trinajstić information content (AvgIpc) is 1.85. The summed E-state index contributed by atoms with van der Waals surface area (Å²) in [6, 6.07) is 0. The summed E-state index contributed by atoms with van der Waals surface area (Å²) in [7, 11) is 0. The Morgan fingerprint density at radius 1 is 1.42 bits per heavy atom. The van der Waals surface area contributed by atoms with E-state index in [1.165, 1.54) is 6.92 Å².